The molecule has 3 aromatic rings. The van der Waals surface area contributed by atoms with Crippen LogP contribution in [0.25, 0.3) is 5.69 Å². The highest BCUT2D eigenvalue weighted by atomic mass is 19.4. The van der Waals surface area contributed by atoms with Crippen molar-refractivity contribution in [3.8, 4) is 11.4 Å². The molecular formula is C24H23F4N7O. The highest BCUT2D eigenvalue weighted by Gasteiger charge is 2.36. The van der Waals surface area contributed by atoms with Gasteiger partial charge in [-0.25, -0.2) is 14.1 Å². The Morgan fingerprint density at radius 1 is 1.19 bits per heavy atom. The molecule has 0 amide bonds. The molecule has 1 saturated carbocycles. The first-order valence-electron chi connectivity index (χ1n) is 11.3. The average molecular weight is 501 g/mol. The highest BCUT2D eigenvalue weighted by Crippen LogP contribution is 2.35. The molecule has 36 heavy (non-hydrogen) atoms. The number of aliphatic imine (C=N–C) groups is 1. The Bertz CT molecular complexity index is 1380. The van der Waals surface area contributed by atoms with E-state index in [1.54, 1.807) is 13.0 Å². The molecule has 5 rings (SSSR count). The lowest BCUT2D eigenvalue weighted by Crippen LogP contribution is -2.24. The van der Waals surface area contributed by atoms with E-state index in [0.717, 1.165) is 29.7 Å². The van der Waals surface area contributed by atoms with Crippen molar-refractivity contribution in [1.29, 1.82) is 0 Å². The fraction of sp³-hybridized carbons (Fsp3) is 0.333. The Labute approximate surface area is 203 Å². The first-order valence-corrected chi connectivity index (χ1v) is 11.3. The number of hydrazone groups is 1. The zero-order valence-electron chi connectivity index (χ0n) is 19.3. The average Bonchev–Trinajstić information content (AvgIpc) is 3.56. The number of hydrogen-bond donors (Lipinski definition) is 2. The van der Waals surface area contributed by atoms with Gasteiger partial charge in [-0.2, -0.15) is 23.4 Å². The number of nitrogen functional groups attached to an aromatic ring is 1. The van der Waals surface area contributed by atoms with Crippen LogP contribution in [0.3, 0.4) is 0 Å². The number of fused-ring (bicyclic) bond motifs is 5. The number of ether oxygens (including phenoxy) is 1. The van der Waals surface area contributed by atoms with Gasteiger partial charge in [0, 0.05) is 30.3 Å². The Kier molecular flexibility index (Phi) is 5.89. The van der Waals surface area contributed by atoms with Crippen LogP contribution in [0.5, 0.6) is 5.75 Å². The van der Waals surface area contributed by atoms with Crippen LogP contribution in [0.15, 0.2) is 46.6 Å². The zero-order valence-corrected chi connectivity index (χ0v) is 19.3. The van der Waals surface area contributed by atoms with Crippen molar-refractivity contribution in [3.63, 3.8) is 0 Å². The summed E-state index contributed by atoms with van der Waals surface area (Å²) in [5, 5.41) is 7.71. The first-order chi connectivity index (χ1) is 17.1. The van der Waals surface area contributed by atoms with Crippen LogP contribution < -0.4 is 16.3 Å². The van der Waals surface area contributed by atoms with Gasteiger partial charge in [-0.3, -0.25) is 4.99 Å². The lowest BCUT2D eigenvalue weighted by molar-refractivity contribution is -0.141. The molecular weight excluding hydrogens is 478 g/mol. The van der Waals surface area contributed by atoms with Gasteiger partial charge in [-0.15, -0.1) is 0 Å². The molecule has 2 aliphatic rings. The fourth-order valence-electron chi connectivity index (χ4n) is 4.10. The molecule has 0 saturated heterocycles. The van der Waals surface area contributed by atoms with E-state index in [-0.39, 0.29) is 40.6 Å². The molecule has 1 atom stereocenters. The van der Waals surface area contributed by atoms with Gasteiger partial charge in [-0.1, -0.05) is 0 Å². The van der Waals surface area contributed by atoms with Gasteiger partial charge in [0.15, 0.2) is 17.3 Å². The summed E-state index contributed by atoms with van der Waals surface area (Å²) in [7, 11) is 0. The van der Waals surface area contributed by atoms with E-state index in [1.807, 2.05) is 0 Å². The third-order valence-electron chi connectivity index (χ3n) is 6.17. The number of hydrogen-bond acceptors (Lipinski definition) is 7. The second-order valence-corrected chi connectivity index (χ2v) is 8.89. The van der Waals surface area contributed by atoms with E-state index in [2.05, 4.69) is 15.2 Å². The molecule has 0 spiro atoms. The largest absolute Gasteiger partial charge is 0.482 e. The SMILES string of the molecule is CC1Oc2cc(cnc2N)C(=NCC2CC2)C(=NN)Cc2cc(C(F)(F)F)nn2-c2ccc(F)cc21. The molecule has 1 aliphatic heterocycles. The summed E-state index contributed by atoms with van der Waals surface area (Å²) in [5.74, 6) is 5.89. The predicted octanol–water partition coefficient (Wildman–Crippen LogP) is 4.22. The van der Waals surface area contributed by atoms with Crippen molar-refractivity contribution >= 4 is 17.2 Å². The van der Waals surface area contributed by atoms with Crippen molar-refractivity contribution in [2.24, 2.45) is 21.9 Å². The Balaban J connectivity index is 1.75. The first kappa shape index (κ1) is 23.8. The summed E-state index contributed by atoms with van der Waals surface area (Å²) in [4.78, 5) is 8.92. The highest BCUT2D eigenvalue weighted by molar-refractivity contribution is 6.48. The number of rotatable bonds is 2. The van der Waals surface area contributed by atoms with Gasteiger partial charge in [0.25, 0.3) is 0 Å². The standard InChI is InChI=1S/C24H23F4N7O/c1-12-17-7-15(25)4-5-19(17)35-16(9-21(34-35)24(26,27)28)8-18(33-30)22(31-10-13-2-3-13)14-6-20(36-12)23(29)32-11-14/h4-7,9,11-13H,2-3,8,10,30H2,1H3,(H2,29,32). The van der Waals surface area contributed by atoms with E-state index in [9.17, 15) is 17.6 Å². The Morgan fingerprint density at radius 3 is 2.67 bits per heavy atom. The number of aromatic nitrogens is 3. The minimum Gasteiger partial charge on any atom is -0.482 e. The number of halogens is 4. The van der Waals surface area contributed by atoms with E-state index < -0.39 is 23.8 Å². The van der Waals surface area contributed by atoms with Crippen LogP contribution in [0.1, 0.15) is 48.4 Å². The van der Waals surface area contributed by atoms with Crippen LogP contribution in [-0.2, 0) is 12.6 Å². The van der Waals surface area contributed by atoms with Crippen LogP contribution >= 0.6 is 0 Å². The molecule has 188 valence electrons. The summed E-state index contributed by atoms with van der Waals surface area (Å²) < 4.78 is 62.5. The van der Waals surface area contributed by atoms with Crippen molar-refractivity contribution in [2.45, 2.75) is 38.5 Å². The molecule has 1 aromatic carbocycles. The normalized spacial score (nSPS) is 20.3. The lowest BCUT2D eigenvalue weighted by Gasteiger charge is -2.22. The molecule has 2 aromatic heterocycles. The quantitative estimate of drug-likeness (QED) is 0.310. The topological polar surface area (TPSA) is 117 Å². The van der Waals surface area contributed by atoms with Crippen LogP contribution in [-0.4, -0.2) is 32.7 Å². The Hall–Kier alpha value is -3.96. The maximum absolute atomic E-state index is 14.3. The summed E-state index contributed by atoms with van der Waals surface area (Å²) in [6, 6.07) is 6.26. The third kappa shape index (κ3) is 4.62. The summed E-state index contributed by atoms with van der Waals surface area (Å²) in [6.07, 6.45) is -2.05. The molecule has 8 nitrogen and oxygen atoms in total. The van der Waals surface area contributed by atoms with Crippen LogP contribution in [0.4, 0.5) is 23.4 Å². The molecule has 1 unspecified atom stereocenters. The fourth-order valence-corrected chi connectivity index (χ4v) is 4.10. The molecule has 4 N–H and O–H groups in total. The maximum Gasteiger partial charge on any atom is 0.435 e. The van der Waals surface area contributed by atoms with Gasteiger partial charge in [0.2, 0.25) is 0 Å². The minimum atomic E-state index is -4.70. The number of pyridine rings is 1. The van der Waals surface area contributed by atoms with Gasteiger partial charge >= 0.3 is 6.18 Å². The van der Waals surface area contributed by atoms with Crippen molar-refractivity contribution < 1.29 is 22.3 Å². The van der Waals surface area contributed by atoms with E-state index in [1.165, 1.54) is 18.3 Å². The van der Waals surface area contributed by atoms with E-state index in [4.69, 9.17) is 21.3 Å². The third-order valence-corrected chi connectivity index (χ3v) is 6.17. The maximum atomic E-state index is 14.3. The minimum absolute atomic E-state index is 0.0903. The summed E-state index contributed by atoms with van der Waals surface area (Å²) >= 11 is 0. The number of benzene rings is 1. The molecule has 12 heteroatoms. The number of alkyl halides is 3. The lowest BCUT2D eigenvalue weighted by atomic mass is 10.0. The van der Waals surface area contributed by atoms with Crippen LogP contribution in [0, 0.1) is 11.7 Å². The summed E-state index contributed by atoms with van der Waals surface area (Å²) in [6.45, 7) is 2.15. The van der Waals surface area contributed by atoms with Gasteiger partial charge < -0.3 is 16.3 Å². The van der Waals surface area contributed by atoms with Gasteiger partial charge in [-0.05, 0) is 56.0 Å². The van der Waals surface area contributed by atoms with Crippen molar-refractivity contribution in [3.05, 3.63) is 64.9 Å². The predicted molar refractivity (Wildman–Crippen MR) is 126 cm³/mol. The smallest absolute Gasteiger partial charge is 0.435 e. The second-order valence-electron chi connectivity index (χ2n) is 8.89. The van der Waals surface area contributed by atoms with Gasteiger partial charge in [0.1, 0.15) is 11.9 Å². The van der Waals surface area contributed by atoms with Crippen molar-refractivity contribution in [2.75, 3.05) is 12.3 Å². The zero-order chi connectivity index (χ0) is 25.6. The molecule has 1 fully saturated rings. The molecule has 3 heterocycles. The van der Waals surface area contributed by atoms with E-state index in [0.29, 0.717) is 23.7 Å². The number of nitrogens with zero attached hydrogens (tertiary/aromatic N) is 5. The van der Waals surface area contributed by atoms with Crippen LogP contribution in [0.2, 0.25) is 0 Å². The van der Waals surface area contributed by atoms with Gasteiger partial charge in [0.05, 0.1) is 22.8 Å². The molecule has 2 bridgehead atoms. The van der Waals surface area contributed by atoms with E-state index >= 15 is 0 Å². The number of anilines is 1. The van der Waals surface area contributed by atoms with Crippen molar-refractivity contribution in [1.82, 2.24) is 14.8 Å². The molecule has 0 radical (unpaired) electrons. The molecule has 1 aliphatic carbocycles. The second kappa shape index (κ2) is 8.92. The summed E-state index contributed by atoms with van der Waals surface area (Å²) in [5.41, 5.74) is 6.70. The number of nitrogens with two attached hydrogens (primary N) is 2. The monoisotopic (exact) mass is 501 g/mol. The Morgan fingerprint density at radius 2 is 1.97 bits per heavy atom.